The van der Waals surface area contributed by atoms with Gasteiger partial charge in [0.25, 0.3) is 5.56 Å². The summed E-state index contributed by atoms with van der Waals surface area (Å²) in [6, 6.07) is 13.5. The van der Waals surface area contributed by atoms with Crippen LogP contribution in [0.1, 0.15) is 30.0 Å². The number of fused-ring (bicyclic) bond motifs is 1. The van der Waals surface area contributed by atoms with E-state index in [0.717, 1.165) is 23.3 Å². The van der Waals surface area contributed by atoms with Crippen LogP contribution in [0.5, 0.6) is 5.75 Å². The predicted molar refractivity (Wildman–Crippen MR) is 114 cm³/mol. The van der Waals surface area contributed by atoms with Gasteiger partial charge >= 0.3 is 0 Å². The van der Waals surface area contributed by atoms with Crippen molar-refractivity contribution in [3.05, 3.63) is 87.7 Å². The Balaban J connectivity index is 1.39. The van der Waals surface area contributed by atoms with Gasteiger partial charge in [0.05, 0.1) is 17.6 Å². The standard InChI is InChI=1S/C24H20FN3O2/c1-2-13-28-16-26-23-21(24(28)29)15-22(27-23)18-7-11-20(12-8-18)30-14-3-4-17-5-9-19(25)10-6-17/h5-12,16H,2,13-15H2,1H3. The van der Waals surface area contributed by atoms with Crippen LogP contribution in [0.25, 0.3) is 0 Å². The van der Waals surface area contributed by atoms with Gasteiger partial charge in [0.15, 0.2) is 5.82 Å². The van der Waals surface area contributed by atoms with Crippen molar-refractivity contribution in [2.75, 3.05) is 6.61 Å². The molecule has 0 atom stereocenters. The Morgan fingerprint density at radius 1 is 1.13 bits per heavy atom. The topological polar surface area (TPSA) is 56.5 Å². The number of hydrogen-bond donors (Lipinski definition) is 0. The van der Waals surface area contributed by atoms with E-state index in [9.17, 15) is 9.18 Å². The largest absolute Gasteiger partial charge is 0.481 e. The predicted octanol–water partition coefficient (Wildman–Crippen LogP) is 3.90. The Morgan fingerprint density at radius 3 is 2.63 bits per heavy atom. The van der Waals surface area contributed by atoms with Gasteiger partial charge in [-0.1, -0.05) is 18.8 Å². The number of nitrogens with zero attached hydrogens (tertiary/aromatic N) is 3. The van der Waals surface area contributed by atoms with E-state index in [-0.39, 0.29) is 18.0 Å². The van der Waals surface area contributed by atoms with Gasteiger partial charge in [-0.3, -0.25) is 9.36 Å². The summed E-state index contributed by atoms with van der Waals surface area (Å²) in [6.45, 7) is 2.91. The lowest BCUT2D eigenvalue weighted by atomic mass is 10.1. The van der Waals surface area contributed by atoms with Gasteiger partial charge in [-0.15, -0.1) is 0 Å². The van der Waals surface area contributed by atoms with Crippen molar-refractivity contribution in [1.29, 1.82) is 0 Å². The molecule has 1 aromatic heterocycles. The van der Waals surface area contributed by atoms with Crippen LogP contribution >= 0.6 is 0 Å². The van der Waals surface area contributed by atoms with Crippen LogP contribution in [0.3, 0.4) is 0 Å². The highest BCUT2D eigenvalue weighted by molar-refractivity contribution is 6.06. The molecule has 30 heavy (non-hydrogen) atoms. The fraction of sp³-hybridized carbons (Fsp3) is 0.208. The first-order valence-corrected chi connectivity index (χ1v) is 9.77. The van der Waals surface area contributed by atoms with Crippen LogP contribution in [-0.4, -0.2) is 21.9 Å². The number of hydrogen-bond acceptors (Lipinski definition) is 4. The van der Waals surface area contributed by atoms with Crippen molar-refractivity contribution in [1.82, 2.24) is 9.55 Å². The van der Waals surface area contributed by atoms with Crippen molar-refractivity contribution in [3.8, 4) is 17.6 Å². The average Bonchev–Trinajstić information content (AvgIpc) is 3.20. The second-order valence-electron chi connectivity index (χ2n) is 6.90. The highest BCUT2D eigenvalue weighted by Gasteiger charge is 2.21. The molecule has 0 amide bonds. The number of aromatic nitrogens is 2. The Morgan fingerprint density at radius 2 is 1.90 bits per heavy atom. The number of aliphatic imine (C=N–C) groups is 1. The third kappa shape index (κ3) is 4.31. The molecule has 0 aliphatic carbocycles. The van der Waals surface area contributed by atoms with Crippen LogP contribution in [-0.2, 0) is 13.0 Å². The average molecular weight is 401 g/mol. The number of benzene rings is 2. The minimum absolute atomic E-state index is 0.0136. The molecule has 0 saturated heterocycles. The summed E-state index contributed by atoms with van der Waals surface area (Å²) in [4.78, 5) is 21.4. The first-order chi connectivity index (χ1) is 14.6. The molecule has 1 aliphatic heterocycles. The molecule has 0 bridgehead atoms. The van der Waals surface area contributed by atoms with E-state index in [1.165, 1.54) is 12.1 Å². The number of rotatable bonds is 5. The molecule has 1 aliphatic rings. The number of halogens is 1. The summed E-state index contributed by atoms with van der Waals surface area (Å²) in [5, 5.41) is 0. The Kier molecular flexibility index (Phi) is 5.71. The minimum atomic E-state index is -0.283. The van der Waals surface area contributed by atoms with Gasteiger partial charge in [0.2, 0.25) is 0 Å². The molecule has 0 fully saturated rings. The lowest BCUT2D eigenvalue weighted by Gasteiger charge is -2.05. The van der Waals surface area contributed by atoms with Gasteiger partial charge < -0.3 is 4.74 Å². The van der Waals surface area contributed by atoms with E-state index >= 15 is 0 Å². The van der Waals surface area contributed by atoms with Crippen LogP contribution in [0, 0.1) is 17.7 Å². The van der Waals surface area contributed by atoms with Gasteiger partial charge in [0.1, 0.15) is 18.2 Å². The molecule has 2 aromatic carbocycles. The SMILES string of the molecule is CCCn1cnc2c(c1=O)CC(c1ccc(OCC#Cc3ccc(F)cc3)cc1)=N2. The maximum absolute atomic E-state index is 12.9. The quantitative estimate of drug-likeness (QED) is 0.610. The third-order valence-electron chi connectivity index (χ3n) is 4.73. The molecule has 0 spiro atoms. The number of aryl methyl sites for hydroxylation is 1. The zero-order chi connectivity index (χ0) is 20.9. The summed E-state index contributed by atoms with van der Waals surface area (Å²) in [6.07, 6.45) is 2.93. The molecular formula is C24H20FN3O2. The molecule has 0 radical (unpaired) electrons. The molecule has 150 valence electrons. The van der Waals surface area contributed by atoms with E-state index in [4.69, 9.17) is 4.74 Å². The minimum Gasteiger partial charge on any atom is -0.481 e. The fourth-order valence-corrected chi connectivity index (χ4v) is 3.21. The number of ether oxygens (including phenoxy) is 1. The maximum Gasteiger partial charge on any atom is 0.259 e. The van der Waals surface area contributed by atoms with Crippen molar-refractivity contribution in [2.24, 2.45) is 4.99 Å². The Labute approximate surface area is 173 Å². The summed E-state index contributed by atoms with van der Waals surface area (Å²) < 4.78 is 20.2. The smallest absolute Gasteiger partial charge is 0.259 e. The highest BCUT2D eigenvalue weighted by Crippen LogP contribution is 2.24. The second-order valence-corrected chi connectivity index (χ2v) is 6.90. The first kappa shape index (κ1) is 19.6. The van der Waals surface area contributed by atoms with Crippen LogP contribution < -0.4 is 10.3 Å². The maximum atomic E-state index is 12.9. The van der Waals surface area contributed by atoms with E-state index in [1.807, 2.05) is 31.2 Å². The Hall–Kier alpha value is -3.72. The van der Waals surface area contributed by atoms with Crippen molar-refractivity contribution in [3.63, 3.8) is 0 Å². The lowest BCUT2D eigenvalue weighted by Crippen LogP contribution is -2.23. The highest BCUT2D eigenvalue weighted by atomic mass is 19.1. The molecule has 2 heterocycles. The van der Waals surface area contributed by atoms with Crippen molar-refractivity contribution >= 4 is 11.5 Å². The molecule has 5 nitrogen and oxygen atoms in total. The zero-order valence-electron chi connectivity index (χ0n) is 16.6. The molecule has 6 heteroatoms. The molecule has 0 saturated carbocycles. The molecule has 0 unspecified atom stereocenters. The van der Waals surface area contributed by atoms with Gasteiger partial charge in [-0.05, 0) is 60.5 Å². The third-order valence-corrected chi connectivity index (χ3v) is 4.73. The molecule has 3 aromatic rings. The monoisotopic (exact) mass is 401 g/mol. The summed E-state index contributed by atoms with van der Waals surface area (Å²) in [5.74, 6) is 6.75. The molecule has 0 N–H and O–H groups in total. The van der Waals surface area contributed by atoms with Gasteiger partial charge in [0, 0.05) is 18.5 Å². The van der Waals surface area contributed by atoms with Gasteiger partial charge in [-0.25, -0.2) is 14.4 Å². The first-order valence-electron chi connectivity index (χ1n) is 9.77. The van der Waals surface area contributed by atoms with Crippen LogP contribution in [0.15, 0.2) is 64.6 Å². The van der Waals surface area contributed by atoms with Crippen molar-refractivity contribution in [2.45, 2.75) is 26.3 Å². The van der Waals surface area contributed by atoms with E-state index in [0.29, 0.717) is 30.1 Å². The van der Waals surface area contributed by atoms with E-state index in [1.54, 1.807) is 23.0 Å². The zero-order valence-corrected chi connectivity index (χ0v) is 16.6. The van der Waals surface area contributed by atoms with Crippen LogP contribution in [0.2, 0.25) is 0 Å². The second kappa shape index (κ2) is 8.75. The molecule has 4 rings (SSSR count). The molecular weight excluding hydrogens is 381 g/mol. The van der Waals surface area contributed by atoms with E-state index < -0.39 is 0 Å². The van der Waals surface area contributed by atoms with Gasteiger partial charge in [-0.2, -0.15) is 0 Å². The fourth-order valence-electron chi connectivity index (χ4n) is 3.21. The normalized spacial score (nSPS) is 12.0. The summed E-state index contributed by atoms with van der Waals surface area (Å²) >= 11 is 0. The summed E-state index contributed by atoms with van der Waals surface area (Å²) in [7, 11) is 0. The summed E-state index contributed by atoms with van der Waals surface area (Å²) in [5.41, 5.74) is 3.13. The van der Waals surface area contributed by atoms with Crippen molar-refractivity contribution < 1.29 is 9.13 Å². The Bertz CT molecular complexity index is 1200. The van der Waals surface area contributed by atoms with E-state index in [2.05, 4.69) is 21.8 Å². The lowest BCUT2D eigenvalue weighted by molar-refractivity contribution is 0.370. The van der Waals surface area contributed by atoms with Crippen LogP contribution in [0.4, 0.5) is 10.2 Å².